The Labute approximate surface area is 115 Å². The Morgan fingerprint density at radius 2 is 1.95 bits per heavy atom. The van der Waals surface area contributed by atoms with Gasteiger partial charge in [-0.15, -0.1) is 0 Å². The molecule has 2 rings (SSSR count). The van der Waals surface area contributed by atoms with Crippen LogP contribution in [-0.4, -0.2) is 11.6 Å². The summed E-state index contributed by atoms with van der Waals surface area (Å²) in [6.07, 6.45) is -1.95. The van der Waals surface area contributed by atoms with Crippen molar-refractivity contribution < 1.29 is 22.8 Å². The summed E-state index contributed by atoms with van der Waals surface area (Å²) in [5.41, 5.74) is -0.289. The largest absolute Gasteiger partial charge is 0.416 e. The SMILES string of the molecule is Cc1cc(C(F)(F)F)ccc1C(=O)C1CCCCC1=O. The lowest BCUT2D eigenvalue weighted by molar-refractivity contribution is -0.137. The van der Waals surface area contributed by atoms with Gasteiger partial charge in [0, 0.05) is 12.0 Å². The maximum atomic E-state index is 12.6. The maximum absolute atomic E-state index is 12.6. The van der Waals surface area contributed by atoms with Gasteiger partial charge in [0.2, 0.25) is 0 Å². The van der Waals surface area contributed by atoms with Crippen LogP contribution < -0.4 is 0 Å². The molecule has 0 N–H and O–H groups in total. The van der Waals surface area contributed by atoms with Gasteiger partial charge in [-0.3, -0.25) is 9.59 Å². The molecule has 2 nitrogen and oxygen atoms in total. The molecule has 1 aromatic rings. The van der Waals surface area contributed by atoms with Crippen molar-refractivity contribution in [2.45, 2.75) is 38.8 Å². The average molecular weight is 284 g/mol. The number of ketones is 2. The second kappa shape index (κ2) is 5.38. The van der Waals surface area contributed by atoms with Gasteiger partial charge in [0.15, 0.2) is 5.78 Å². The Bertz CT molecular complexity index is 547. The van der Waals surface area contributed by atoms with E-state index in [1.165, 1.54) is 13.0 Å². The van der Waals surface area contributed by atoms with Gasteiger partial charge in [-0.25, -0.2) is 0 Å². The fraction of sp³-hybridized carbons (Fsp3) is 0.467. The molecule has 0 bridgehead atoms. The van der Waals surface area contributed by atoms with Crippen LogP contribution in [0.3, 0.4) is 0 Å². The third-order valence-corrected chi connectivity index (χ3v) is 3.69. The molecular formula is C15H15F3O2. The molecule has 1 fully saturated rings. The van der Waals surface area contributed by atoms with Crippen molar-refractivity contribution in [2.24, 2.45) is 5.92 Å². The van der Waals surface area contributed by atoms with E-state index in [2.05, 4.69) is 0 Å². The van der Waals surface area contributed by atoms with Crippen LogP contribution >= 0.6 is 0 Å². The van der Waals surface area contributed by atoms with Gasteiger partial charge in [-0.05, 0) is 37.5 Å². The monoisotopic (exact) mass is 284 g/mol. The van der Waals surface area contributed by atoms with Crippen LogP contribution in [0.25, 0.3) is 0 Å². The molecule has 0 saturated heterocycles. The highest BCUT2D eigenvalue weighted by atomic mass is 19.4. The van der Waals surface area contributed by atoms with Crippen LogP contribution in [0.5, 0.6) is 0 Å². The number of aryl methyl sites for hydroxylation is 1. The lowest BCUT2D eigenvalue weighted by atomic mass is 9.81. The molecule has 108 valence electrons. The Morgan fingerprint density at radius 3 is 2.50 bits per heavy atom. The zero-order valence-electron chi connectivity index (χ0n) is 11.1. The summed E-state index contributed by atoms with van der Waals surface area (Å²) in [5.74, 6) is -1.12. The maximum Gasteiger partial charge on any atom is 0.416 e. The number of Topliss-reactive ketones (excluding diaryl/α,β-unsaturated/α-hetero) is 2. The van der Waals surface area contributed by atoms with E-state index in [4.69, 9.17) is 0 Å². The molecule has 1 unspecified atom stereocenters. The van der Waals surface area contributed by atoms with Crippen molar-refractivity contribution in [2.75, 3.05) is 0 Å². The van der Waals surface area contributed by atoms with Gasteiger partial charge < -0.3 is 0 Å². The smallest absolute Gasteiger partial charge is 0.299 e. The summed E-state index contributed by atoms with van der Waals surface area (Å²) in [5, 5.41) is 0. The number of hydrogen-bond donors (Lipinski definition) is 0. The Hall–Kier alpha value is -1.65. The van der Waals surface area contributed by atoms with Crippen LogP contribution in [0.2, 0.25) is 0 Å². The normalized spacial score (nSPS) is 20.0. The molecule has 5 heteroatoms. The molecule has 0 radical (unpaired) electrons. The standard InChI is InChI=1S/C15H15F3O2/c1-9-8-10(15(16,17)18)6-7-11(9)14(20)12-4-2-3-5-13(12)19/h6-8,12H,2-5H2,1H3. The number of rotatable bonds is 2. The van der Waals surface area contributed by atoms with E-state index >= 15 is 0 Å². The number of carbonyl (C=O) groups is 2. The van der Waals surface area contributed by atoms with Crippen molar-refractivity contribution in [3.63, 3.8) is 0 Å². The van der Waals surface area contributed by atoms with Crippen molar-refractivity contribution in [3.05, 3.63) is 34.9 Å². The molecule has 0 heterocycles. The van der Waals surface area contributed by atoms with Crippen LogP contribution in [0.15, 0.2) is 18.2 Å². The van der Waals surface area contributed by atoms with Gasteiger partial charge in [0.1, 0.15) is 5.78 Å². The van der Waals surface area contributed by atoms with E-state index in [0.717, 1.165) is 25.0 Å². The Morgan fingerprint density at radius 1 is 1.25 bits per heavy atom. The first kappa shape index (κ1) is 14.8. The molecule has 1 aromatic carbocycles. The molecular weight excluding hydrogens is 269 g/mol. The summed E-state index contributed by atoms with van der Waals surface area (Å²) in [7, 11) is 0. The van der Waals surface area contributed by atoms with Gasteiger partial charge in [-0.2, -0.15) is 13.2 Å². The molecule has 1 aliphatic rings. The third kappa shape index (κ3) is 2.92. The Balaban J connectivity index is 2.29. The lowest BCUT2D eigenvalue weighted by Crippen LogP contribution is -2.27. The minimum absolute atomic E-state index is 0.0967. The molecule has 0 spiro atoms. The van der Waals surface area contributed by atoms with Crippen molar-refractivity contribution >= 4 is 11.6 Å². The minimum atomic E-state index is -4.42. The van der Waals surface area contributed by atoms with Crippen molar-refractivity contribution in [3.8, 4) is 0 Å². The van der Waals surface area contributed by atoms with E-state index in [1.54, 1.807) is 0 Å². The van der Waals surface area contributed by atoms with Gasteiger partial charge >= 0.3 is 6.18 Å². The summed E-state index contributed by atoms with van der Waals surface area (Å²) >= 11 is 0. The second-order valence-electron chi connectivity index (χ2n) is 5.16. The number of carbonyl (C=O) groups excluding carboxylic acids is 2. The first-order valence-electron chi connectivity index (χ1n) is 6.55. The van der Waals surface area contributed by atoms with Crippen LogP contribution in [0.1, 0.15) is 47.2 Å². The Kier molecular flexibility index (Phi) is 3.97. The van der Waals surface area contributed by atoms with Gasteiger partial charge in [-0.1, -0.05) is 12.5 Å². The molecule has 1 saturated carbocycles. The number of halogens is 3. The number of benzene rings is 1. The zero-order valence-corrected chi connectivity index (χ0v) is 11.1. The van der Waals surface area contributed by atoms with Crippen LogP contribution in [0.4, 0.5) is 13.2 Å². The third-order valence-electron chi connectivity index (χ3n) is 3.69. The summed E-state index contributed by atoms with van der Waals surface area (Å²) in [6, 6.07) is 3.04. The fourth-order valence-corrected chi connectivity index (χ4v) is 2.56. The van der Waals surface area contributed by atoms with Gasteiger partial charge in [0.25, 0.3) is 0 Å². The molecule has 20 heavy (non-hydrogen) atoms. The highest BCUT2D eigenvalue weighted by Crippen LogP contribution is 2.32. The number of alkyl halides is 3. The predicted octanol–water partition coefficient (Wildman–Crippen LogP) is 3.96. The minimum Gasteiger partial charge on any atom is -0.299 e. The van der Waals surface area contributed by atoms with Crippen molar-refractivity contribution in [1.29, 1.82) is 0 Å². The van der Waals surface area contributed by atoms with E-state index in [0.29, 0.717) is 12.8 Å². The summed E-state index contributed by atoms with van der Waals surface area (Å²) in [4.78, 5) is 24.0. The first-order valence-corrected chi connectivity index (χ1v) is 6.55. The van der Waals surface area contributed by atoms with Crippen molar-refractivity contribution in [1.82, 2.24) is 0 Å². The fourth-order valence-electron chi connectivity index (χ4n) is 2.56. The number of hydrogen-bond acceptors (Lipinski definition) is 2. The quantitative estimate of drug-likeness (QED) is 0.608. The van der Waals surface area contributed by atoms with E-state index in [1.807, 2.05) is 0 Å². The van der Waals surface area contributed by atoms with E-state index in [9.17, 15) is 22.8 Å². The molecule has 1 aliphatic carbocycles. The highest BCUT2D eigenvalue weighted by molar-refractivity contribution is 6.11. The second-order valence-corrected chi connectivity index (χ2v) is 5.16. The topological polar surface area (TPSA) is 34.1 Å². The molecule has 0 aromatic heterocycles. The molecule has 0 amide bonds. The zero-order chi connectivity index (χ0) is 14.9. The first-order chi connectivity index (χ1) is 9.30. The lowest BCUT2D eigenvalue weighted by Gasteiger charge is -2.20. The van der Waals surface area contributed by atoms with Gasteiger partial charge in [0.05, 0.1) is 11.5 Å². The molecule has 1 atom stereocenters. The van der Waals surface area contributed by atoms with Crippen LogP contribution in [-0.2, 0) is 11.0 Å². The van der Waals surface area contributed by atoms with Crippen LogP contribution in [0, 0.1) is 12.8 Å². The summed E-state index contributed by atoms with van der Waals surface area (Å²) < 4.78 is 37.7. The predicted molar refractivity (Wildman–Crippen MR) is 67.5 cm³/mol. The van der Waals surface area contributed by atoms with E-state index in [-0.39, 0.29) is 22.7 Å². The average Bonchev–Trinajstić information content (AvgIpc) is 2.37. The summed E-state index contributed by atoms with van der Waals surface area (Å²) in [6.45, 7) is 1.47. The van der Waals surface area contributed by atoms with E-state index < -0.39 is 17.7 Å². The molecule has 0 aliphatic heterocycles. The highest BCUT2D eigenvalue weighted by Gasteiger charge is 2.33.